The Balaban J connectivity index is 1.80. The van der Waals surface area contributed by atoms with Crippen molar-refractivity contribution in [1.29, 1.82) is 0 Å². The number of hydrogen-bond acceptors (Lipinski definition) is 7. The van der Waals surface area contributed by atoms with Gasteiger partial charge in [0.25, 0.3) is 0 Å². The predicted molar refractivity (Wildman–Crippen MR) is 104 cm³/mol. The van der Waals surface area contributed by atoms with E-state index in [1.165, 1.54) is 4.90 Å². The van der Waals surface area contributed by atoms with Crippen molar-refractivity contribution < 1.29 is 19.4 Å². The Bertz CT molecular complexity index is 751. The zero-order valence-electron chi connectivity index (χ0n) is 16.7. The molecule has 1 unspecified atom stereocenters. The maximum absolute atomic E-state index is 12.4. The van der Waals surface area contributed by atoms with Gasteiger partial charge in [-0.05, 0) is 36.4 Å². The Hall–Kier alpha value is -2.56. The fourth-order valence-electron chi connectivity index (χ4n) is 2.44. The normalized spacial score (nSPS) is 12.2. The number of aromatic nitrogens is 4. The number of likely N-dealkylation sites (N-methyl/N-ethyl adjacent to an activating group) is 1. The zero-order chi connectivity index (χ0) is 20.5. The van der Waals surface area contributed by atoms with E-state index in [1.54, 1.807) is 30.9 Å². The molecule has 2 N–H and O–H groups in total. The van der Waals surface area contributed by atoms with E-state index in [-0.39, 0.29) is 25.3 Å². The lowest BCUT2D eigenvalue weighted by Gasteiger charge is -2.21. The second-order valence-electron chi connectivity index (χ2n) is 6.67. The summed E-state index contributed by atoms with van der Waals surface area (Å²) in [5, 5.41) is 24.2. The molecule has 0 fully saturated rings. The van der Waals surface area contributed by atoms with E-state index < -0.39 is 6.10 Å². The zero-order valence-corrected chi connectivity index (χ0v) is 16.7. The monoisotopic (exact) mass is 392 g/mol. The number of tetrazole rings is 1. The van der Waals surface area contributed by atoms with Gasteiger partial charge in [0.05, 0.1) is 38.6 Å². The molecule has 0 saturated heterocycles. The average molecular weight is 392 g/mol. The van der Waals surface area contributed by atoms with Crippen LogP contribution in [0.5, 0.6) is 0 Å². The van der Waals surface area contributed by atoms with Crippen LogP contribution in [0.15, 0.2) is 24.3 Å². The second-order valence-corrected chi connectivity index (χ2v) is 6.67. The number of benzene rings is 1. The van der Waals surface area contributed by atoms with E-state index in [9.17, 15) is 9.90 Å². The molecule has 0 saturated carbocycles. The molecule has 2 aromatic rings. The number of ether oxygens (including phenoxy) is 2. The molecule has 2 amide bonds. The molecule has 2 rings (SSSR count). The molecule has 0 aliphatic heterocycles. The molecule has 1 aromatic heterocycles. The van der Waals surface area contributed by atoms with E-state index in [0.29, 0.717) is 24.7 Å². The standard InChI is InChI=1S/C18H28N6O4/c1-13(2)28-9-8-27-12-16(25)11-23(3)18(26)19-15-7-5-6-14(10-15)17-20-21-22-24(17)4/h5-7,10,13,16,25H,8-9,11-12H2,1-4H3,(H,19,26). The highest BCUT2D eigenvalue weighted by Gasteiger charge is 2.15. The molecule has 0 bridgehead atoms. The van der Waals surface area contributed by atoms with Gasteiger partial charge < -0.3 is 24.8 Å². The third-order valence-corrected chi connectivity index (χ3v) is 3.81. The van der Waals surface area contributed by atoms with Crippen LogP contribution >= 0.6 is 0 Å². The first kappa shape index (κ1) is 21.7. The number of nitrogens with zero attached hydrogens (tertiary/aromatic N) is 5. The lowest BCUT2D eigenvalue weighted by atomic mass is 10.2. The Labute approximate surface area is 164 Å². The molecule has 0 spiro atoms. The molecule has 10 nitrogen and oxygen atoms in total. The van der Waals surface area contributed by atoms with E-state index in [2.05, 4.69) is 20.8 Å². The Kier molecular flexibility index (Phi) is 8.30. The lowest BCUT2D eigenvalue weighted by Crippen LogP contribution is -2.39. The van der Waals surface area contributed by atoms with Gasteiger partial charge in [0, 0.05) is 25.3 Å². The molecule has 1 atom stereocenters. The summed E-state index contributed by atoms with van der Waals surface area (Å²) in [6.45, 7) is 5.04. The summed E-state index contributed by atoms with van der Waals surface area (Å²) in [4.78, 5) is 13.8. The van der Waals surface area contributed by atoms with Crippen LogP contribution in [0.25, 0.3) is 11.4 Å². The molecular weight excluding hydrogens is 364 g/mol. The molecule has 10 heteroatoms. The van der Waals surface area contributed by atoms with Crippen LogP contribution in [0, 0.1) is 0 Å². The smallest absolute Gasteiger partial charge is 0.321 e. The number of carbonyl (C=O) groups is 1. The third-order valence-electron chi connectivity index (χ3n) is 3.81. The summed E-state index contributed by atoms with van der Waals surface area (Å²) >= 11 is 0. The van der Waals surface area contributed by atoms with Gasteiger partial charge in [-0.2, -0.15) is 0 Å². The van der Waals surface area contributed by atoms with E-state index >= 15 is 0 Å². The van der Waals surface area contributed by atoms with E-state index in [0.717, 1.165) is 5.56 Å². The number of carbonyl (C=O) groups excluding carboxylic acids is 1. The summed E-state index contributed by atoms with van der Waals surface area (Å²) in [5.41, 5.74) is 1.39. The molecule has 0 radical (unpaired) electrons. The highest BCUT2D eigenvalue weighted by atomic mass is 16.5. The first-order valence-corrected chi connectivity index (χ1v) is 9.09. The van der Waals surface area contributed by atoms with Gasteiger partial charge in [0.15, 0.2) is 5.82 Å². The van der Waals surface area contributed by atoms with E-state index in [1.807, 2.05) is 26.0 Å². The minimum Gasteiger partial charge on any atom is -0.389 e. The van der Waals surface area contributed by atoms with Crippen LogP contribution in [-0.2, 0) is 16.5 Å². The lowest BCUT2D eigenvalue weighted by molar-refractivity contribution is -0.0144. The van der Waals surface area contributed by atoms with Gasteiger partial charge in [0.1, 0.15) is 0 Å². The largest absolute Gasteiger partial charge is 0.389 e. The number of rotatable bonds is 10. The first-order chi connectivity index (χ1) is 13.4. The quantitative estimate of drug-likeness (QED) is 0.583. The summed E-state index contributed by atoms with van der Waals surface area (Å²) in [5.74, 6) is 0.596. The molecule has 0 aliphatic carbocycles. The topological polar surface area (TPSA) is 115 Å². The molecule has 1 aromatic carbocycles. The molecule has 0 aliphatic rings. The van der Waals surface area contributed by atoms with Gasteiger partial charge in [-0.25, -0.2) is 9.48 Å². The van der Waals surface area contributed by atoms with Crippen molar-refractivity contribution in [3.63, 3.8) is 0 Å². The number of anilines is 1. The van der Waals surface area contributed by atoms with Gasteiger partial charge in [0.2, 0.25) is 0 Å². The second kappa shape index (κ2) is 10.7. The number of amides is 2. The Morgan fingerprint density at radius 1 is 1.36 bits per heavy atom. The van der Waals surface area contributed by atoms with Gasteiger partial charge in [-0.15, -0.1) is 5.10 Å². The number of aliphatic hydroxyl groups is 1. The number of aryl methyl sites for hydroxylation is 1. The first-order valence-electron chi connectivity index (χ1n) is 9.09. The van der Waals surface area contributed by atoms with Gasteiger partial charge in [-0.1, -0.05) is 12.1 Å². The third kappa shape index (κ3) is 6.87. The van der Waals surface area contributed by atoms with Crippen LogP contribution in [0.1, 0.15) is 13.8 Å². The number of nitrogens with one attached hydrogen (secondary N) is 1. The van der Waals surface area contributed by atoms with Crippen LogP contribution in [-0.4, -0.2) is 81.9 Å². The summed E-state index contributed by atoms with van der Waals surface area (Å²) < 4.78 is 12.3. The maximum atomic E-state index is 12.4. The minimum absolute atomic E-state index is 0.133. The number of urea groups is 1. The summed E-state index contributed by atoms with van der Waals surface area (Å²) in [6.07, 6.45) is -0.641. The fraction of sp³-hybridized carbons (Fsp3) is 0.556. The fourth-order valence-corrected chi connectivity index (χ4v) is 2.44. The Morgan fingerprint density at radius 3 is 2.82 bits per heavy atom. The maximum Gasteiger partial charge on any atom is 0.321 e. The highest BCUT2D eigenvalue weighted by Crippen LogP contribution is 2.19. The van der Waals surface area contributed by atoms with Crippen molar-refractivity contribution >= 4 is 11.7 Å². The molecule has 154 valence electrons. The van der Waals surface area contributed by atoms with Crippen molar-refractivity contribution in [3.05, 3.63) is 24.3 Å². The van der Waals surface area contributed by atoms with Crippen molar-refractivity contribution in [2.45, 2.75) is 26.1 Å². The van der Waals surface area contributed by atoms with Crippen LogP contribution < -0.4 is 5.32 Å². The number of aliphatic hydroxyl groups excluding tert-OH is 1. The predicted octanol–water partition coefficient (Wildman–Crippen LogP) is 1.14. The van der Waals surface area contributed by atoms with Crippen molar-refractivity contribution in [1.82, 2.24) is 25.1 Å². The van der Waals surface area contributed by atoms with Crippen LogP contribution in [0.2, 0.25) is 0 Å². The van der Waals surface area contributed by atoms with Crippen molar-refractivity contribution in [3.8, 4) is 11.4 Å². The van der Waals surface area contributed by atoms with Crippen molar-refractivity contribution in [2.75, 3.05) is 38.7 Å². The average Bonchev–Trinajstić information content (AvgIpc) is 3.07. The molecular formula is C18H28N6O4. The van der Waals surface area contributed by atoms with Crippen molar-refractivity contribution in [2.24, 2.45) is 7.05 Å². The number of hydrogen-bond donors (Lipinski definition) is 2. The highest BCUT2D eigenvalue weighted by molar-refractivity contribution is 5.89. The van der Waals surface area contributed by atoms with Gasteiger partial charge in [-0.3, -0.25) is 0 Å². The van der Waals surface area contributed by atoms with Crippen LogP contribution in [0.4, 0.5) is 10.5 Å². The summed E-state index contributed by atoms with van der Waals surface area (Å²) in [7, 11) is 3.35. The van der Waals surface area contributed by atoms with E-state index in [4.69, 9.17) is 9.47 Å². The van der Waals surface area contributed by atoms with Gasteiger partial charge >= 0.3 is 6.03 Å². The minimum atomic E-state index is -0.786. The molecule has 28 heavy (non-hydrogen) atoms. The summed E-state index contributed by atoms with van der Waals surface area (Å²) in [6, 6.07) is 6.88. The SMILES string of the molecule is CC(C)OCCOCC(O)CN(C)C(=O)Nc1cccc(-c2nnnn2C)c1. The Morgan fingerprint density at radius 2 is 2.14 bits per heavy atom. The molecule has 1 heterocycles. The van der Waals surface area contributed by atoms with Crippen LogP contribution in [0.3, 0.4) is 0 Å².